The summed E-state index contributed by atoms with van der Waals surface area (Å²) in [7, 11) is -3.89. The molecule has 214 valence electrons. The Hall–Kier alpha value is -4.78. The lowest BCUT2D eigenvalue weighted by Crippen LogP contribution is -2.29. The predicted octanol–water partition coefficient (Wildman–Crippen LogP) is 4.36. The molecule has 0 saturated heterocycles. The number of primary amides is 1. The summed E-state index contributed by atoms with van der Waals surface area (Å²) in [5.74, 6) is -1.18. The van der Waals surface area contributed by atoms with Gasteiger partial charge in [0.1, 0.15) is 0 Å². The molecule has 0 aliphatic carbocycles. The molecule has 3 rings (SSSR count). The summed E-state index contributed by atoms with van der Waals surface area (Å²) in [6.07, 6.45) is 0.736. The maximum Gasteiger partial charge on any atom is 0.319 e. The standard InChI is InChI=1S/C20H25N3O5S.C7H9N3O/c1-3-10-21-20(26)22-16-7-5-9-18(13-16)29(27,28)23-17-8-4-6-15(12-17)14(2)11-19(24)25;8-5-1-3-6(4-2-5)10-7(9)11/h4-9,12-14,23H,3,10-11H2,1-2H3,(H,24,25)(H2,21,22,26);1-4H,8H2,(H3,9,10,11). The molecule has 1 unspecified atom stereocenters. The number of aliphatic carboxylic acids is 1. The highest BCUT2D eigenvalue weighted by Gasteiger charge is 2.17. The van der Waals surface area contributed by atoms with Crippen LogP contribution in [0.5, 0.6) is 0 Å². The Bertz CT molecular complexity index is 1410. The lowest BCUT2D eigenvalue weighted by molar-refractivity contribution is -0.137. The van der Waals surface area contributed by atoms with Crippen LogP contribution in [-0.4, -0.2) is 38.1 Å². The van der Waals surface area contributed by atoms with E-state index in [1.807, 2.05) is 6.92 Å². The first-order chi connectivity index (χ1) is 18.9. The highest BCUT2D eigenvalue weighted by atomic mass is 32.2. The van der Waals surface area contributed by atoms with Crippen molar-refractivity contribution < 1.29 is 27.9 Å². The number of rotatable bonds is 10. The van der Waals surface area contributed by atoms with Crippen LogP contribution in [0, 0.1) is 0 Å². The van der Waals surface area contributed by atoms with Crippen molar-refractivity contribution in [1.29, 1.82) is 0 Å². The fraction of sp³-hybridized carbons (Fsp3) is 0.222. The van der Waals surface area contributed by atoms with E-state index in [0.717, 1.165) is 12.0 Å². The van der Waals surface area contributed by atoms with Crippen molar-refractivity contribution >= 4 is 50.8 Å². The van der Waals surface area contributed by atoms with E-state index in [9.17, 15) is 22.8 Å². The van der Waals surface area contributed by atoms with Crippen molar-refractivity contribution in [3.8, 4) is 0 Å². The number of hydrogen-bond acceptors (Lipinski definition) is 6. The molecule has 12 nitrogen and oxygen atoms in total. The average molecular weight is 571 g/mol. The van der Waals surface area contributed by atoms with Gasteiger partial charge in [-0.15, -0.1) is 0 Å². The molecule has 4 amide bonds. The van der Waals surface area contributed by atoms with Crippen LogP contribution in [0.25, 0.3) is 0 Å². The number of benzene rings is 3. The summed E-state index contributed by atoms with van der Waals surface area (Å²) < 4.78 is 28.0. The van der Waals surface area contributed by atoms with Gasteiger partial charge in [-0.2, -0.15) is 0 Å². The van der Waals surface area contributed by atoms with Gasteiger partial charge in [0.15, 0.2) is 0 Å². The number of carboxylic acid groups (broad SMARTS) is 1. The van der Waals surface area contributed by atoms with Crippen LogP contribution in [0.3, 0.4) is 0 Å². The van der Waals surface area contributed by atoms with Gasteiger partial charge in [0.2, 0.25) is 0 Å². The first kappa shape index (κ1) is 31.4. The molecule has 0 bridgehead atoms. The fourth-order valence-corrected chi connectivity index (χ4v) is 4.46. The summed E-state index contributed by atoms with van der Waals surface area (Å²) >= 11 is 0. The molecule has 0 heterocycles. The molecule has 13 heteroatoms. The van der Waals surface area contributed by atoms with Gasteiger partial charge in [0, 0.05) is 29.3 Å². The minimum absolute atomic E-state index is 0.00483. The van der Waals surface area contributed by atoms with Crippen molar-refractivity contribution in [2.24, 2.45) is 5.73 Å². The SMILES string of the molecule is CCCNC(=O)Nc1cccc(S(=O)(=O)Nc2cccc(C(C)CC(=O)O)c2)c1.NC(=O)Nc1ccc(N)cc1. The van der Waals surface area contributed by atoms with Crippen molar-refractivity contribution in [2.45, 2.75) is 37.5 Å². The molecule has 0 radical (unpaired) electrons. The zero-order valence-corrected chi connectivity index (χ0v) is 23.0. The molecule has 40 heavy (non-hydrogen) atoms. The van der Waals surface area contributed by atoms with Gasteiger partial charge < -0.3 is 32.5 Å². The Labute approximate surface area is 233 Å². The number of sulfonamides is 1. The van der Waals surface area contributed by atoms with Crippen molar-refractivity contribution in [1.82, 2.24) is 5.32 Å². The molecule has 0 spiro atoms. The molecule has 9 N–H and O–H groups in total. The number of nitrogens with two attached hydrogens (primary N) is 2. The molecule has 0 aliphatic heterocycles. The Morgan fingerprint density at radius 3 is 2.17 bits per heavy atom. The first-order valence-electron chi connectivity index (χ1n) is 12.3. The van der Waals surface area contributed by atoms with Crippen LogP contribution in [0.4, 0.5) is 32.3 Å². The van der Waals surface area contributed by atoms with Gasteiger partial charge in [0.25, 0.3) is 10.0 Å². The number of nitrogens with one attached hydrogen (secondary N) is 4. The van der Waals surface area contributed by atoms with Gasteiger partial charge in [-0.05, 0) is 72.5 Å². The number of hydrogen-bond donors (Lipinski definition) is 7. The molecular weight excluding hydrogens is 536 g/mol. The smallest absolute Gasteiger partial charge is 0.319 e. The van der Waals surface area contributed by atoms with E-state index < -0.39 is 28.1 Å². The van der Waals surface area contributed by atoms with Gasteiger partial charge in [-0.3, -0.25) is 9.52 Å². The minimum Gasteiger partial charge on any atom is -0.481 e. The largest absolute Gasteiger partial charge is 0.481 e. The van der Waals surface area contributed by atoms with Crippen LogP contribution in [-0.2, 0) is 14.8 Å². The van der Waals surface area contributed by atoms with E-state index >= 15 is 0 Å². The third-order valence-electron chi connectivity index (χ3n) is 5.30. The summed E-state index contributed by atoms with van der Waals surface area (Å²) in [6.45, 7) is 4.21. The van der Waals surface area contributed by atoms with Crippen LogP contribution in [0.15, 0.2) is 77.7 Å². The summed E-state index contributed by atoms with van der Waals surface area (Å²) in [4.78, 5) is 33.0. The van der Waals surface area contributed by atoms with E-state index in [0.29, 0.717) is 29.3 Å². The maximum atomic E-state index is 12.7. The summed E-state index contributed by atoms with van der Waals surface area (Å²) in [6, 6.07) is 18.3. The van der Waals surface area contributed by atoms with Gasteiger partial charge in [-0.25, -0.2) is 18.0 Å². The molecular formula is C27H34N6O6S. The fourth-order valence-electron chi connectivity index (χ4n) is 3.37. The molecule has 3 aromatic carbocycles. The van der Waals surface area contributed by atoms with Crippen molar-refractivity contribution in [3.05, 3.63) is 78.4 Å². The van der Waals surface area contributed by atoms with Gasteiger partial charge >= 0.3 is 18.0 Å². The normalized spacial score (nSPS) is 11.2. The highest BCUT2D eigenvalue weighted by molar-refractivity contribution is 7.92. The van der Waals surface area contributed by atoms with Crippen LogP contribution in [0.2, 0.25) is 0 Å². The van der Waals surface area contributed by atoms with E-state index in [1.165, 1.54) is 18.2 Å². The lowest BCUT2D eigenvalue weighted by atomic mass is 9.98. The second-order valence-corrected chi connectivity index (χ2v) is 10.4. The second-order valence-electron chi connectivity index (χ2n) is 8.75. The lowest BCUT2D eigenvalue weighted by Gasteiger charge is -2.13. The highest BCUT2D eigenvalue weighted by Crippen LogP contribution is 2.24. The topological polar surface area (TPSA) is 206 Å². The van der Waals surface area contributed by atoms with E-state index in [1.54, 1.807) is 61.5 Å². The first-order valence-corrected chi connectivity index (χ1v) is 13.8. The van der Waals surface area contributed by atoms with Gasteiger partial charge in [-0.1, -0.05) is 32.0 Å². The maximum absolute atomic E-state index is 12.7. The third-order valence-corrected chi connectivity index (χ3v) is 6.68. The molecule has 1 atom stereocenters. The van der Waals surface area contributed by atoms with E-state index in [-0.39, 0.29) is 17.2 Å². The number of carbonyl (C=O) groups excluding carboxylic acids is 2. The van der Waals surface area contributed by atoms with Crippen LogP contribution >= 0.6 is 0 Å². The summed E-state index contributed by atoms with van der Waals surface area (Å²) in [5, 5.41) is 16.6. The number of carbonyl (C=O) groups is 3. The monoisotopic (exact) mass is 570 g/mol. The molecule has 0 saturated carbocycles. The average Bonchev–Trinajstić information content (AvgIpc) is 2.88. The van der Waals surface area contributed by atoms with Crippen molar-refractivity contribution in [3.63, 3.8) is 0 Å². The zero-order chi connectivity index (χ0) is 29.7. The number of anilines is 4. The van der Waals surface area contributed by atoms with E-state index in [2.05, 4.69) is 20.7 Å². The Balaban J connectivity index is 0.000000425. The Morgan fingerprint density at radius 1 is 0.900 bits per heavy atom. The number of carboxylic acids is 1. The second kappa shape index (κ2) is 15.0. The summed E-state index contributed by atoms with van der Waals surface area (Å²) in [5.41, 5.74) is 13.0. The molecule has 0 aliphatic rings. The van der Waals surface area contributed by atoms with Crippen LogP contribution < -0.4 is 32.1 Å². The number of urea groups is 2. The van der Waals surface area contributed by atoms with E-state index in [4.69, 9.17) is 16.6 Å². The number of amides is 4. The molecule has 3 aromatic rings. The minimum atomic E-state index is -3.89. The Morgan fingerprint density at radius 2 is 1.55 bits per heavy atom. The quantitative estimate of drug-likeness (QED) is 0.175. The molecule has 0 aromatic heterocycles. The third kappa shape index (κ3) is 10.9. The number of nitrogen functional groups attached to an aromatic ring is 1. The predicted molar refractivity (Wildman–Crippen MR) is 156 cm³/mol. The van der Waals surface area contributed by atoms with Gasteiger partial charge in [0.05, 0.1) is 11.3 Å². The zero-order valence-electron chi connectivity index (χ0n) is 22.2. The van der Waals surface area contributed by atoms with Crippen LogP contribution in [0.1, 0.15) is 38.2 Å². The Kier molecular flexibility index (Phi) is 11.8. The van der Waals surface area contributed by atoms with Crippen molar-refractivity contribution in [2.75, 3.05) is 27.6 Å². The molecule has 0 fully saturated rings.